The quantitative estimate of drug-likeness (QED) is 0.749. The van der Waals surface area contributed by atoms with Gasteiger partial charge in [-0.05, 0) is 25.0 Å². The molecule has 0 bridgehead atoms. The molecule has 78 valence electrons. The summed E-state index contributed by atoms with van der Waals surface area (Å²) in [7, 11) is 0. The van der Waals surface area contributed by atoms with Crippen LogP contribution in [-0.2, 0) is 4.79 Å². The van der Waals surface area contributed by atoms with Crippen LogP contribution in [0.3, 0.4) is 0 Å². The third-order valence-electron chi connectivity index (χ3n) is 2.50. The van der Waals surface area contributed by atoms with Crippen molar-refractivity contribution in [1.82, 2.24) is 0 Å². The summed E-state index contributed by atoms with van der Waals surface area (Å²) in [5, 5.41) is 4.30. The Labute approximate surface area is 89.2 Å². The molecule has 0 aromatic heterocycles. The second kappa shape index (κ2) is 4.73. The third kappa shape index (κ3) is 2.91. The average Bonchev–Trinajstić information content (AvgIpc) is 2.30. The van der Waals surface area contributed by atoms with Gasteiger partial charge in [-0.15, -0.1) is 0 Å². The number of carbonyl (C=O) groups is 1. The van der Waals surface area contributed by atoms with E-state index in [1.165, 1.54) is 0 Å². The Kier molecular flexibility index (Phi) is 3.12. The predicted octanol–water partition coefficient (Wildman–Crippen LogP) is 2.60. The van der Waals surface area contributed by atoms with Gasteiger partial charge in [-0.1, -0.05) is 18.2 Å². The fourth-order valence-corrected chi connectivity index (χ4v) is 1.59. The van der Waals surface area contributed by atoms with Crippen LogP contribution in [0.1, 0.15) is 25.7 Å². The maximum atomic E-state index is 11.0. The highest BCUT2D eigenvalue weighted by molar-refractivity contribution is 5.96. The van der Waals surface area contributed by atoms with Gasteiger partial charge >= 0.3 is 0 Å². The molecule has 0 amide bonds. The van der Waals surface area contributed by atoms with Crippen LogP contribution >= 0.6 is 0 Å². The molecule has 1 N–H and O–H groups in total. The van der Waals surface area contributed by atoms with Crippen LogP contribution in [0.15, 0.2) is 35.4 Å². The minimum atomic E-state index is 0.355. The monoisotopic (exact) mass is 202 g/mol. The van der Waals surface area contributed by atoms with Gasteiger partial charge in [0.15, 0.2) is 0 Å². The molecule has 1 saturated carbocycles. The van der Waals surface area contributed by atoms with Gasteiger partial charge in [0.25, 0.3) is 0 Å². The van der Waals surface area contributed by atoms with Gasteiger partial charge in [-0.25, -0.2) is 0 Å². The molecule has 2 rings (SSSR count). The fraction of sp³-hybridized carbons (Fsp3) is 0.333. The van der Waals surface area contributed by atoms with Crippen LogP contribution in [-0.4, -0.2) is 11.5 Å². The molecule has 0 atom stereocenters. The van der Waals surface area contributed by atoms with E-state index >= 15 is 0 Å². The molecule has 1 aromatic rings. The Morgan fingerprint density at radius 3 is 2.33 bits per heavy atom. The largest absolute Gasteiger partial charge is 0.300 e. The van der Waals surface area contributed by atoms with Gasteiger partial charge in [0, 0.05) is 18.6 Å². The Hall–Kier alpha value is -1.64. The molecule has 1 aromatic carbocycles. The molecule has 0 spiro atoms. The third-order valence-corrected chi connectivity index (χ3v) is 2.50. The number of ketones is 1. The SMILES string of the molecule is O=C1CCC(=NNc2ccccc2)CC1. The van der Waals surface area contributed by atoms with E-state index in [1.807, 2.05) is 30.3 Å². The first-order valence-corrected chi connectivity index (χ1v) is 5.23. The Bertz CT molecular complexity index is 358. The fourth-order valence-electron chi connectivity index (χ4n) is 1.59. The standard InChI is InChI=1S/C12H14N2O/c15-12-8-6-11(7-9-12)14-13-10-4-2-1-3-5-10/h1-5,13H,6-9H2. The second-order valence-electron chi connectivity index (χ2n) is 3.69. The molecule has 15 heavy (non-hydrogen) atoms. The van der Waals surface area contributed by atoms with E-state index in [0.29, 0.717) is 18.6 Å². The molecule has 1 aliphatic rings. The number of anilines is 1. The van der Waals surface area contributed by atoms with E-state index in [1.54, 1.807) is 0 Å². The summed E-state index contributed by atoms with van der Waals surface area (Å²) in [6.07, 6.45) is 2.90. The molecule has 0 aliphatic heterocycles. The second-order valence-corrected chi connectivity index (χ2v) is 3.69. The van der Waals surface area contributed by atoms with Gasteiger partial charge < -0.3 is 0 Å². The van der Waals surface area contributed by atoms with Gasteiger partial charge in [0.2, 0.25) is 0 Å². The highest BCUT2D eigenvalue weighted by Gasteiger charge is 2.13. The van der Waals surface area contributed by atoms with E-state index in [2.05, 4.69) is 10.5 Å². The van der Waals surface area contributed by atoms with E-state index in [4.69, 9.17) is 0 Å². The molecule has 1 fully saturated rings. The number of benzene rings is 1. The predicted molar refractivity (Wildman–Crippen MR) is 61.0 cm³/mol. The van der Waals surface area contributed by atoms with Gasteiger partial charge in [0.1, 0.15) is 5.78 Å². The summed E-state index contributed by atoms with van der Waals surface area (Å²) in [4.78, 5) is 11.0. The average molecular weight is 202 g/mol. The zero-order valence-corrected chi connectivity index (χ0v) is 8.57. The Balaban J connectivity index is 1.92. The van der Waals surface area contributed by atoms with Crippen LogP contribution in [0.25, 0.3) is 0 Å². The Morgan fingerprint density at radius 1 is 1.00 bits per heavy atom. The van der Waals surface area contributed by atoms with Crippen LogP contribution in [0, 0.1) is 0 Å². The number of rotatable bonds is 2. The molecule has 0 radical (unpaired) electrons. The van der Waals surface area contributed by atoms with Crippen molar-refractivity contribution in [2.45, 2.75) is 25.7 Å². The van der Waals surface area contributed by atoms with E-state index in [0.717, 1.165) is 24.2 Å². The molecular formula is C12H14N2O. The van der Waals surface area contributed by atoms with E-state index < -0.39 is 0 Å². The summed E-state index contributed by atoms with van der Waals surface area (Å²) in [6.45, 7) is 0. The van der Waals surface area contributed by atoms with Crippen molar-refractivity contribution >= 4 is 17.2 Å². The molecule has 0 heterocycles. The van der Waals surface area contributed by atoms with Crippen molar-refractivity contribution in [2.75, 3.05) is 5.43 Å². The number of para-hydroxylation sites is 1. The lowest BCUT2D eigenvalue weighted by Gasteiger charge is -2.11. The number of hydrogen-bond acceptors (Lipinski definition) is 3. The summed E-state index contributed by atoms with van der Waals surface area (Å²) >= 11 is 0. The summed E-state index contributed by atoms with van der Waals surface area (Å²) in [5.74, 6) is 0.355. The summed E-state index contributed by atoms with van der Waals surface area (Å²) in [6, 6.07) is 9.84. The summed E-state index contributed by atoms with van der Waals surface area (Å²) < 4.78 is 0. The molecule has 0 unspecified atom stereocenters. The Morgan fingerprint density at radius 2 is 1.67 bits per heavy atom. The number of nitrogens with one attached hydrogen (secondary N) is 1. The maximum absolute atomic E-state index is 11.0. The van der Waals surface area contributed by atoms with E-state index in [-0.39, 0.29) is 0 Å². The first-order valence-electron chi connectivity index (χ1n) is 5.23. The van der Waals surface area contributed by atoms with Crippen molar-refractivity contribution in [3.63, 3.8) is 0 Å². The number of hydrazone groups is 1. The zero-order chi connectivity index (χ0) is 10.5. The molecule has 1 aliphatic carbocycles. The number of Topliss-reactive ketones (excluding diaryl/α,β-unsaturated/α-hetero) is 1. The van der Waals surface area contributed by atoms with Gasteiger partial charge in [-0.3, -0.25) is 10.2 Å². The van der Waals surface area contributed by atoms with Crippen molar-refractivity contribution < 1.29 is 4.79 Å². The van der Waals surface area contributed by atoms with Crippen LogP contribution in [0.4, 0.5) is 5.69 Å². The lowest BCUT2D eigenvalue weighted by molar-refractivity contribution is -0.119. The zero-order valence-electron chi connectivity index (χ0n) is 8.57. The first-order chi connectivity index (χ1) is 7.34. The van der Waals surface area contributed by atoms with Gasteiger partial charge in [0.05, 0.1) is 5.69 Å². The summed E-state index contributed by atoms with van der Waals surface area (Å²) in [5.41, 5.74) is 5.09. The minimum Gasteiger partial charge on any atom is -0.300 e. The smallest absolute Gasteiger partial charge is 0.133 e. The van der Waals surface area contributed by atoms with Crippen molar-refractivity contribution in [1.29, 1.82) is 0 Å². The van der Waals surface area contributed by atoms with Gasteiger partial charge in [-0.2, -0.15) is 5.10 Å². The van der Waals surface area contributed by atoms with E-state index in [9.17, 15) is 4.79 Å². The normalized spacial score (nSPS) is 16.3. The number of nitrogens with zero attached hydrogens (tertiary/aromatic N) is 1. The van der Waals surface area contributed by atoms with Crippen LogP contribution in [0.2, 0.25) is 0 Å². The van der Waals surface area contributed by atoms with Crippen LogP contribution < -0.4 is 5.43 Å². The molecule has 0 saturated heterocycles. The molecular weight excluding hydrogens is 188 g/mol. The van der Waals surface area contributed by atoms with Crippen molar-refractivity contribution in [3.8, 4) is 0 Å². The van der Waals surface area contributed by atoms with Crippen molar-refractivity contribution in [3.05, 3.63) is 30.3 Å². The molecule has 3 heteroatoms. The lowest BCUT2D eigenvalue weighted by atomic mass is 9.97. The maximum Gasteiger partial charge on any atom is 0.133 e. The molecule has 3 nitrogen and oxygen atoms in total. The number of hydrogen-bond donors (Lipinski definition) is 1. The number of carbonyl (C=O) groups excluding carboxylic acids is 1. The van der Waals surface area contributed by atoms with Crippen molar-refractivity contribution in [2.24, 2.45) is 5.10 Å². The van der Waals surface area contributed by atoms with Crippen LogP contribution in [0.5, 0.6) is 0 Å². The highest BCUT2D eigenvalue weighted by Crippen LogP contribution is 2.13. The minimum absolute atomic E-state index is 0.355. The topological polar surface area (TPSA) is 41.5 Å². The first kappa shape index (κ1) is 9.90. The lowest BCUT2D eigenvalue weighted by Crippen LogP contribution is -2.14. The highest BCUT2D eigenvalue weighted by atomic mass is 16.1.